The van der Waals surface area contributed by atoms with Crippen molar-refractivity contribution < 1.29 is 4.79 Å². The number of nitriles is 1. The molecule has 3 aliphatic rings. The molecule has 0 unspecified atom stereocenters. The highest BCUT2D eigenvalue weighted by molar-refractivity contribution is 5.87. The fraction of sp³-hybridized carbons (Fsp3) is 0.440. The zero-order chi connectivity index (χ0) is 21.4. The van der Waals surface area contributed by atoms with E-state index in [9.17, 15) is 10.1 Å². The number of carbonyl (C=O) groups is 1. The minimum atomic E-state index is -0.147. The summed E-state index contributed by atoms with van der Waals surface area (Å²) in [5.74, 6) is 0.881. The van der Waals surface area contributed by atoms with E-state index in [4.69, 9.17) is 4.98 Å². The van der Waals surface area contributed by atoms with E-state index in [2.05, 4.69) is 46.8 Å². The van der Waals surface area contributed by atoms with E-state index in [1.165, 1.54) is 29.2 Å². The van der Waals surface area contributed by atoms with Crippen LogP contribution in [0, 0.1) is 11.3 Å². The lowest BCUT2D eigenvalue weighted by atomic mass is 9.69. The topological polar surface area (TPSA) is 73.1 Å². The lowest BCUT2D eigenvalue weighted by molar-refractivity contribution is -0.128. The van der Waals surface area contributed by atoms with Crippen molar-refractivity contribution in [2.24, 2.45) is 0 Å². The maximum Gasteiger partial charge on any atom is 0.246 e. The number of fused-ring (bicyclic) bond motifs is 3. The molecule has 6 heteroatoms. The molecule has 1 aliphatic heterocycles. The number of rotatable bonds is 3. The van der Waals surface area contributed by atoms with Gasteiger partial charge in [-0.2, -0.15) is 5.26 Å². The van der Waals surface area contributed by atoms with Crippen LogP contribution in [0.15, 0.2) is 43.2 Å². The number of hydrogen-bond donors (Lipinski definition) is 0. The molecule has 0 bridgehead atoms. The van der Waals surface area contributed by atoms with Crippen LogP contribution in [0.3, 0.4) is 0 Å². The number of carbonyl (C=O) groups excluding carboxylic acids is 1. The Hall–Kier alpha value is -3.20. The van der Waals surface area contributed by atoms with Crippen LogP contribution in [0.4, 0.5) is 5.82 Å². The summed E-state index contributed by atoms with van der Waals surface area (Å²) in [5, 5.41) is 9.28. The van der Waals surface area contributed by atoms with E-state index in [0.29, 0.717) is 26.1 Å². The monoisotopic (exact) mass is 413 g/mol. The first-order chi connectivity index (χ1) is 15.1. The number of piperazine rings is 1. The zero-order valence-electron chi connectivity index (χ0n) is 17.8. The average Bonchev–Trinajstić information content (AvgIpc) is 3.16. The van der Waals surface area contributed by atoms with Gasteiger partial charge in [-0.15, -0.1) is 0 Å². The van der Waals surface area contributed by atoms with E-state index in [1.54, 1.807) is 11.2 Å². The van der Waals surface area contributed by atoms with Gasteiger partial charge in [-0.3, -0.25) is 4.79 Å². The SMILES string of the molecule is C=CC(=O)N1CCN(c2ncnc3c2CC[C@@]2(CCc4ccccc42)C3)C[C@@H]1CC#N. The predicted molar refractivity (Wildman–Crippen MR) is 119 cm³/mol. The third kappa shape index (κ3) is 3.29. The average molecular weight is 414 g/mol. The molecule has 0 N–H and O–H groups in total. The quantitative estimate of drug-likeness (QED) is 0.724. The number of benzene rings is 1. The van der Waals surface area contributed by atoms with Crippen molar-refractivity contribution in [3.8, 4) is 6.07 Å². The molecular formula is C25H27N5O. The van der Waals surface area contributed by atoms with Gasteiger partial charge in [0.15, 0.2) is 0 Å². The molecule has 5 rings (SSSR count). The Balaban J connectivity index is 1.42. The molecule has 31 heavy (non-hydrogen) atoms. The second kappa shape index (κ2) is 7.81. The summed E-state index contributed by atoms with van der Waals surface area (Å²) in [5.41, 5.74) is 5.60. The van der Waals surface area contributed by atoms with Crippen LogP contribution in [0.5, 0.6) is 0 Å². The largest absolute Gasteiger partial charge is 0.352 e. The highest BCUT2D eigenvalue weighted by Gasteiger charge is 2.42. The smallest absolute Gasteiger partial charge is 0.246 e. The summed E-state index contributed by atoms with van der Waals surface area (Å²) >= 11 is 0. The molecule has 2 aliphatic carbocycles. The molecule has 2 atom stereocenters. The number of amides is 1. The Morgan fingerprint density at radius 1 is 1.26 bits per heavy atom. The van der Waals surface area contributed by atoms with Crippen molar-refractivity contribution in [3.05, 3.63) is 65.6 Å². The van der Waals surface area contributed by atoms with Gasteiger partial charge in [0, 0.05) is 36.3 Å². The molecule has 0 saturated carbocycles. The Morgan fingerprint density at radius 2 is 2.10 bits per heavy atom. The van der Waals surface area contributed by atoms with Crippen LogP contribution < -0.4 is 4.90 Å². The summed E-state index contributed by atoms with van der Waals surface area (Å²) in [6.45, 7) is 5.51. The first kappa shape index (κ1) is 19.7. The molecule has 2 heterocycles. The van der Waals surface area contributed by atoms with Crippen LogP contribution in [-0.4, -0.2) is 46.5 Å². The molecule has 2 aromatic rings. The van der Waals surface area contributed by atoms with Crippen molar-refractivity contribution in [3.63, 3.8) is 0 Å². The van der Waals surface area contributed by atoms with Gasteiger partial charge in [0.2, 0.25) is 5.91 Å². The Bertz CT molecular complexity index is 1070. The number of aromatic nitrogens is 2. The van der Waals surface area contributed by atoms with Gasteiger partial charge in [0.25, 0.3) is 0 Å². The number of anilines is 1. The van der Waals surface area contributed by atoms with E-state index in [0.717, 1.165) is 37.2 Å². The summed E-state index contributed by atoms with van der Waals surface area (Å²) in [4.78, 5) is 25.6. The van der Waals surface area contributed by atoms with Crippen molar-refractivity contribution in [1.82, 2.24) is 14.9 Å². The van der Waals surface area contributed by atoms with Gasteiger partial charge in [-0.05, 0) is 49.3 Å². The minimum Gasteiger partial charge on any atom is -0.352 e. The lowest BCUT2D eigenvalue weighted by Crippen LogP contribution is -2.55. The van der Waals surface area contributed by atoms with Crippen molar-refractivity contribution in [1.29, 1.82) is 5.26 Å². The Labute approximate surface area is 183 Å². The van der Waals surface area contributed by atoms with Crippen molar-refractivity contribution >= 4 is 11.7 Å². The van der Waals surface area contributed by atoms with Crippen LogP contribution in [0.2, 0.25) is 0 Å². The summed E-state index contributed by atoms with van der Waals surface area (Å²) < 4.78 is 0. The lowest BCUT2D eigenvalue weighted by Gasteiger charge is -2.42. The van der Waals surface area contributed by atoms with Gasteiger partial charge in [0.1, 0.15) is 12.1 Å². The predicted octanol–water partition coefficient (Wildman–Crippen LogP) is 2.97. The molecule has 1 aromatic carbocycles. The summed E-state index contributed by atoms with van der Waals surface area (Å²) in [6.07, 6.45) is 8.73. The number of hydrogen-bond acceptors (Lipinski definition) is 5. The van der Waals surface area contributed by atoms with Crippen LogP contribution in [0.25, 0.3) is 0 Å². The molecule has 6 nitrogen and oxygen atoms in total. The van der Waals surface area contributed by atoms with E-state index >= 15 is 0 Å². The van der Waals surface area contributed by atoms with Crippen LogP contribution >= 0.6 is 0 Å². The van der Waals surface area contributed by atoms with Crippen LogP contribution in [-0.2, 0) is 29.5 Å². The van der Waals surface area contributed by atoms with Gasteiger partial charge < -0.3 is 9.80 Å². The maximum absolute atomic E-state index is 12.2. The van der Waals surface area contributed by atoms with Crippen LogP contribution in [0.1, 0.15) is 41.6 Å². The molecule has 1 fully saturated rings. The molecule has 1 spiro atoms. The maximum atomic E-state index is 12.2. The highest BCUT2D eigenvalue weighted by Crippen LogP contribution is 2.48. The number of nitrogens with zero attached hydrogens (tertiary/aromatic N) is 5. The summed E-state index contributed by atoms with van der Waals surface area (Å²) in [6, 6.07) is 11.0. The van der Waals surface area contributed by atoms with E-state index in [1.807, 2.05) is 0 Å². The van der Waals surface area contributed by atoms with Gasteiger partial charge in [-0.25, -0.2) is 9.97 Å². The standard InChI is InChI=1S/C25H27N5O/c1-2-23(31)30-14-13-29(16-19(30)9-12-26)24-20-8-11-25(15-22(20)27-17-28-24)10-7-18-5-3-4-6-21(18)25/h2-6,17,19H,1,7-11,13-16H2/t19-,25-/m0/s1. The second-order valence-electron chi connectivity index (χ2n) is 8.93. The van der Waals surface area contributed by atoms with E-state index in [-0.39, 0.29) is 17.4 Å². The highest BCUT2D eigenvalue weighted by atomic mass is 16.2. The molecular weight excluding hydrogens is 386 g/mol. The normalized spacial score (nSPS) is 24.4. The molecule has 158 valence electrons. The molecule has 1 amide bonds. The first-order valence-corrected chi connectivity index (χ1v) is 11.1. The third-order valence-electron chi connectivity index (χ3n) is 7.40. The molecule has 1 aromatic heterocycles. The van der Waals surface area contributed by atoms with Gasteiger partial charge >= 0.3 is 0 Å². The first-order valence-electron chi connectivity index (χ1n) is 11.1. The third-order valence-corrected chi connectivity index (χ3v) is 7.40. The molecule has 0 radical (unpaired) electrons. The van der Waals surface area contributed by atoms with Crippen molar-refractivity contribution in [2.45, 2.75) is 50.0 Å². The fourth-order valence-corrected chi connectivity index (χ4v) is 5.83. The minimum absolute atomic E-state index is 0.105. The van der Waals surface area contributed by atoms with E-state index < -0.39 is 0 Å². The zero-order valence-corrected chi connectivity index (χ0v) is 17.8. The van der Waals surface area contributed by atoms with Crippen molar-refractivity contribution in [2.75, 3.05) is 24.5 Å². The summed E-state index contributed by atoms with van der Waals surface area (Å²) in [7, 11) is 0. The Morgan fingerprint density at radius 3 is 2.94 bits per heavy atom. The van der Waals surface area contributed by atoms with Gasteiger partial charge in [-0.1, -0.05) is 30.8 Å². The fourth-order valence-electron chi connectivity index (χ4n) is 5.83. The second-order valence-corrected chi connectivity index (χ2v) is 8.93. The Kier molecular flexibility index (Phi) is 4.97. The molecule has 1 saturated heterocycles. The van der Waals surface area contributed by atoms with Gasteiger partial charge in [0.05, 0.1) is 18.5 Å². The number of aryl methyl sites for hydroxylation is 1.